The molecule has 0 unspecified atom stereocenters. The number of para-hydroxylation sites is 2. The maximum absolute atomic E-state index is 13.5. The molecule has 1 aromatic heterocycles. The number of hydrogen-bond acceptors (Lipinski definition) is 3. The van der Waals surface area contributed by atoms with E-state index in [1.54, 1.807) is 9.80 Å². The molecule has 3 heterocycles. The topological polar surface area (TPSA) is 65.6 Å². The van der Waals surface area contributed by atoms with E-state index >= 15 is 0 Å². The maximum atomic E-state index is 13.5. The fraction of sp³-hybridized carbons (Fsp3) is 0.360. The molecule has 2 aliphatic rings. The van der Waals surface area contributed by atoms with Crippen molar-refractivity contribution in [3.8, 4) is 5.75 Å². The van der Waals surface area contributed by atoms with Crippen LogP contribution >= 0.6 is 0 Å². The van der Waals surface area contributed by atoms with E-state index in [1.807, 2.05) is 63.2 Å². The molecule has 6 nitrogen and oxygen atoms in total. The number of ether oxygens (including phenoxy) is 1. The lowest BCUT2D eigenvalue weighted by atomic mass is 9.85. The van der Waals surface area contributed by atoms with Gasteiger partial charge in [-0.15, -0.1) is 0 Å². The zero-order valence-corrected chi connectivity index (χ0v) is 18.1. The van der Waals surface area contributed by atoms with Crippen LogP contribution in [0.3, 0.4) is 0 Å². The number of H-pyrrole nitrogens is 1. The highest BCUT2D eigenvalue weighted by Crippen LogP contribution is 2.44. The summed E-state index contributed by atoms with van der Waals surface area (Å²) in [5.74, 6) is 0.732. The molecule has 1 N–H and O–H groups in total. The molecule has 1 saturated heterocycles. The van der Waals surface area contributed by atoms with Crippen LogP contribution in [0.25, 0.3) is 10.9 Å². The molecular weight excluding hydrogens is 390 g/mol. The molecule has 1 fully saturated rings. The van der Waals surface area contributed by atoms with Crippen molar-refractivity contribution in [1.29, 1.82) is 0 Å². The van der Waals surface area contributed by atoms with Crippen LogP contribution in [-0.4, -0.2) is 51.8 Å². The summed E-state index contributed by atoms with van der Waals surface area (Å²) in [5.41, 5.74) is 4.01. The summed E-state index contributed by atoms with van der Waals surface area (Å²) in [6, 6.07) is 15.0. The third-order valence-corrected chi connectivity index (χ3v) is 6.43. The van der Waals surface area contributed by atoms with E-state index in [2.05, 4.69) is 11.1 Å². The van der Waals surface area contributed by atoms with E-state index in [-0.39, 0.29) is 24.4 Å². The molecule has 2 amide bonds. The van der Waals surface area contributed by atoms with E-state index in [0.29, 0.717) is 13.0 Å². The van der Waals surface area contributed by atoms with Gasteiger partial charge in [-0.3, -0.25) is 9.59 Å². The van der Waals surface area contributed by atoms with E-state index in [4.69, 9.17) is 4.74 Å². The molecular formula is C25H27N3O3. The van der Waals surface area contributed by atoms with Crippen LogP contribution in [0.2, 0.25) is 0 Å². The normalized spacial score (nSPS) is 20.9. The van der Waals surface area contributed by atoms with Gasteiger partial charge in [-0.1, -0.05) is 36.4 Å². The first kappa shape index (κ1) is 19.7. The number of hydrogen-bond donors (Lipinski definition) is 1. The van der Waals surface area contributed by atoms with Crippen LogP contribution < -0.4 is 4.74 Å². The number of benzene rings is 2. The van der Waals surface area contributed by atoms with E-state index in [9.17, 15) is 9.59 Å². The summed E-state index contributed by atoms with van der Waals surface area (Å²) in [7, 11) is 0. The van der Waals surface area contributed by atoms with Gasteiger partial charge >= 0.3 is 0 Å². The van der Waals surface area contributed by atoms with Gasteiger partial charge in [0, 0.05) is 34.6 Å². The van der Waals surface area contributed by atoms with Crippen molar-refractivity contribution in [2.24, 2.45) is 0 Å². The number of aromatic nitrogens is 1. The molecule has 0 spiro atoms. The Hall–Kier alpha value is -3.28. The molecule has 3 aromatic rings. The van der Waals surface area contributed by atoms with Crippen LogP contribution in [0.1, 0.15) is 43.6 Å². The fourth-order valence-corrected chi connectivity index (χ4v) is 5.04. The minimum absolute atomic E-state index is 0.0165. The third kappa shape index (κ3) is 3.00. The average Bonchev–Trinajstić information content (AvgIpc) is 3.14. The zero-order chi connectivity index (χ0) is 21.7. The standard InChI is InChI=1S/C25H27N3O3/c1-4-31-21-12-8-6-10-17(21)24-23-18(16-9-5-7-11-19(16)26-23)13-20-25(30)27(15(2)3)14-22(29)28(20)24/h5-12,15,20,24,26H,4,13-14H2,1-3H3/t20-,24+/m0/s1. The predicted octanol–water partition coefficient (Wildman–Crippen LogP) is 3.66. The Labute approximate surface area is 181 Å². The number of amides is 2. The summed E-state index contributed by atoms with van der Waals surface area (Å²) in [5, 5.41) is 1.11. The zero-order valence-electron chi connectivity index (χ0n) is 18.1. The van der Waals surface area contributed by atoms with E-state index < -0.39 is 12.1 Å². The second-order valence-electron chi connectivity index (χ2n) is 8.52. The highest BCUT2D eigenvalue weighted by molar-refractivity contribution is 5.97. The molecule has 5 rings (SSSR count). The quantitative estimate of drug-likeness (QED) is 0.705. The van der Waals surface area contributed by atoms with Gasteiger partial charge in [-0.25, -0.2) is 0 Å². The predicted molar refractivity (Wildman–Crippen MR) is 119 cm³/mol. The Morgan fingerprint density at radius 1 is 1.10 bits per heavy atom. The summed E-state index contributed by atoms with van der Waals surface area (Å²) < 4.78 is 5.93. The lowest BCUT2D eigenvalue weighted by Crippen LogP contribution is -2.64. The molecule has 0 saturated carbocycles. The average molecular weight is 418 g/mol. The van der Waals surface area contributed by atoms with Crippen LogP contribution in [0, 0.1) is 0 Å². The SMILES string of the molecule is CCOc1ccccc1[C@@H]1c2[nH]c3ccccc3c2C[C@H]2C(=O)N(C(C)C)CC(=O)N12. The number of nitrogens with zero attached hydrogens (tertiary/aromatic N) is 2. The van der Waals surface area contributed by atoms with Gasteiger partial charge in [-0.05, 0) is 38.5 Å². The molecule has 2 aromatic carbocycles. The largest absolute Gasteiger partial charge is 0.494 e. The van der Waals surface area contributed by atoms with Gasteiger partial charge in [0.1, 0.15) is 24.4 Å². The van der Waals surface area contributed by atoms with Crippen molar-refractivity contribution in [3.05, 3.63) is 65.4 Å². The fourth-order valence-electron chi connectivity index (χ4n) is 5.04. The van der Waals surface area contributed by atoms with Crippen molar-refractivity contribution in [2.75, 3.05) is 13.2 Å². The van der Waals surface area contributed by atoms with Gasteiger partial charge in [0.2, 0.25) is 11.8 Å². The highest BCUT2D eigenvalue weighted by Gasteiger charge is 2.49. The molecule has 2 atom stereocenters. The Balaban J connectivity index is 1.74. The van der Waals surface area contributed by atoms with Crippen molar-refractivity contribution in [2.45, 2.75) is 45.3 Å². The summed E-state index contributed by atoms with van der Waals surface area (Å²) in [4.78, 5) is 34.0. The second kappa shape index (κ2) is 7.45. The molecule has 0 aliphatic carbocycles. The smallest absolute Gasteiger partial charge is 0.246 e. The van der Waals surface area contributed by atoms with Crippen LogP contribution in [-0.2, 0) is 16.0 Å². The second-order valence-corrected chi connectivity index (χ2v) is 8.52. The minimum atomic E-state index is -0.518. The Morgan fingerprint density at radius 2 is 1.84 bits per heavy atom. The van der Waals surface area contributed by atoms with Crippen LogP contribution in [0.4, 0.5) is 0 Å². The minimum Gasteiger partial charge on any atom is -0.494 e. The van der Waals surface area contributed by atoms with Crippen LogP contribution in [0.15, 0.2) is 48.5 Å². The number of rotatable bonds is 4. The lowest BCUT2D eigenvalue weighted by Gasteiger charge is -2.48. The van der Waals surface area contributed by atoms with E-state index in [1.165, 1.54) is 0 Å². The Bertz CT molecular complexity index is 1170. The lowest BCUT2D eigenvalue weighted by molar-refractivity contribution is -0.160. The van der Waals surface area contributed by atoms with Crippen molar-refractivity contribution in [3.63, 3.8) is 0 Å². The molecule has 2 aliphatic heterocycles. The molecule has 6 heteroatoms. The number of fused-ring (bicyclic) bond motifs is 4. The third-order valence-electron chi connectivity index (χ3n) is 6.43. The Kier molecular flexibility index (Phi) is 4.73. The molecule has 31 heavy (non-hydrogen) atoms. The van der Waals surface area contributed by atoms with Crippen molar-refractivity contribution < 1.29 is 14.3 Å². The first-order chi connectivity index (χ1) is 15.0. The Morgan fingerprint density at radius 3 is 2.61 bits per heavy atom. The van der Waals surface area contributed by atoms with E-state index in [0.717, 1.165) is 33.5 Å². The number of carbonyl (C=O) groups excluding carboxylic acids is 2. The molecule has 160 valence electrons. The van der Waals surface area contributed by atoms with Gasteiger partial charge in [0.15, 0.2) is 0 Å². The van der Waals surface area contributed by atoms with Crippen LogP contribution in [0.5, 0.6) is 5.75 Å². The number of piperazine rings is 1. The van der Waals surface area contributed by atoms with Crippen molar-refractivity contribution in [1.82, 2.24) is 14.8 Å². The van der Waals surface area contributed by atoms with Gasteiger partial charge in [0.05, 0.1) is 6.61 Å². The number of carbonyl (C=O) groups is 2. The first-order valence-corrected chi connectivity index (χ1v) is 10.9. The first-order valence-electron chi connectivity index (χ1n) is 10.9. The summed E-state index contributed by atoms with van der Waals surface area (Å²) in [6.45, 7) is 6.51. The monoisotopic (exact) mass is 417 g/mol. The van der Waals surface area contributed by atoms with Gasteiger partial charge < -0.3 is 19.5 Å². The summed E-state index contributed by atoms with van der Waals surface area (Å²) in [6.07, 6.45) is 0.514. The van der Waals surface area contributed by atoms with Gasteiger partial charge in [-0.2, -0.15) is 0 Å². The maximum Gasteiger partial charge on any atom is 0.246 e. The molecule has 0 radical (unpaired) electrons. The summed E-state index contributed by atoms with van der Waals surface area (Å²) >= 11 is 0. The highest BCUT2D eigenvalue weighted by atomic mass is 16.5. The number of nitrogens with one attached hydrogen (secondary N) is 1. The molecule has 0 bridgehead atoms. The number of aromatic amines is 1. The van der Waals surface area contributed by atoms with Crippen molar-refractivity contribution >= 4 is 22.7 Å². The van der Waals surface area contributed by atoms with Gasteiger partial charge in [0.25, 0.3) is 0 Å².